The van der Waals surface area contributed by atoms with Gasteiger partial charge >= 0.3 is 0 Å². The van der Waals surface area contributed by atoms with Gasteiger partial charge in [-0.25, -0.2) is 15.0 Å². The fourth-order valence-electron chi connectivity index (χ4n) is 9.51. The third-order valence-corrected chi connectivity index (χ3v) is 12.4. The van der Waals surface area contributed by atoms with E-state index in [-0.39, 0.29) is 0 Å². The standard InChI is InChI=1S/C57H35N5O/c1-5-17-36(18-6-1)55-58-56(37-19-7-2-8-20-37)60-57(59-55)45-29-16-28-44-43-27-15-26-41(53(43)63-54(44)45)38-31-32-50-46(33-38)48-34-47-42-25-13-14-30-49(42)61(39-21-9-3-10-22-39)51(47)35-52(48)62(50)40-23-11-4-12-24-40/h1-35H. The molecule has 0 N–H and O–H groups in total. The van der Waals surface area contributed by atoms with Crippen LogP contribution in [0.4, 0.5) is 0 Å². The molecule has 13 rings (SSSR count). The Morgan fingerprint density at radius 3 is 1.37 bits per heavy atom. The van der Waals surface area contributed by atoms with Crippen LogP contribution >= 0.6 is 0 Å². The predicted octanol–water partition coefficient (Wildman–Crippen LogP) is 14.6. The first-order chi connectivity index (χ1) is 31.2. The van der Waals surface area contributed by atoms with E-state index in [0.717, 1.165) is 72.2 Å². The Morgan fingerprint density at radius 2 is 0.746 bits per heavy atom. The van der Waals surface area contributed by atoms with Crippen molar-refractivity contribution in [1.29, 1.82) is 0 Å². The van der Waals surface area contributed by atoms with Gasteiger partial charge in [-0.05, 0) is 66.2 Å². The van der Waals surface area contributed by atoms with E-state index >= 15 is 0 Å². The number of aromatic nitrogens is 5. The molecule has 0 saturated carbocycles. The first kappa shape index (κ1) is 35.2. The van der Waals surface area contributed by atoms with E-state index in [9.17, 15) is 0 Å². The highest BCUT2D eigenvalue weighted by atomic mass is 16.3. The molecule has 0 aliphatic rings. The van der Waals surface area contributed by atoms with Gasteiger partial charge in [0, 0.05) is 60.4 Å². The van der Waals surface area contributed by atoms with Gasteiger partial charge in [0.15, 0.2) is 17.5 Å². The van der Waals surface area contributed by atoms with Gasteiger partial charge in [0.1, 0.15) is 11.2 Å². The number of benzene rings is 9. The Hall–Kier alpha value is -8.61. The molecule has 4 heterocycles. The molecule has 0 saturated heterocycles. The lowest BCUT2D eigenvalue weighted by Gasteiger charge is -2.10. The van der Waals surface area contributed by atoms with Gasteiger partial charge in [0.25, 0.3) is 0 Å². The Morgan fingerprint density at radius 1 is 0.286 bits per heavy atom. The van der Waals surface area contributed by atoms with Crippen LogP contribution in [0.1, 0.15) is 0 Å². The van der Waals surface area contributed by atoms with Crippen molar-refractivity contribution in [2.75, 3.05) is 0 Å². The van der Waals surface area contributed by atoms with Crippen molar-refractivity contribution in [3.05, 3.63) is 212 Å². The van der Waals surface area contributed by atoms with E-state index in [0.29, 0.717) is 17.5 Å². The normalized spacial score (nSPS) is 11.8. The Kier molecular flexibility index (Phi) is 7.80. The highest BCUT2D eigenvalue weighted by molar-refractivity contribution is 6.20. The maximum atomic E-state index is 7.03. The number of hydrogen-bond acceptors (Lipinski definition) is 4. The molecule has 4 aromatic heterocycles. The maximum absolute atomic E-state index is 7.03. The molecule has 0 amide bonds. The third-order valence-electron chi connectivity index (χ3n) is 12.4. The number of rotatable bonds is 6. The molecule has 0 aliphatic heterocycles. The summed E-state index contributed by atoms with van der Waals surface area (Å²) < 4.78 is 11.8. The molecule has 6 nitrogen and oxygen atoms in total. The smallest absolute Gasteiger partial charge is 0.167 e. The molecule has 63 heavy (non-hydrogen) atoms. The second kappa shape index (κ2) is 14.0. The van der Waals surface area contributed by atoms with Crippen LogP contribution in [0.15, 0.2) is 217 Å². The number of fused-ring (bicyclic) bond motifs is 9. The highest BCUT2D eigenvalue weighted by Crippen LogP contribution is 2.43. The second-order valence-electron chi connectivity index (χ2n) is 16.0. The molecule has 13 aromatic rings. The van der Waals surface area contributed by atoms with Crippen LogP contribution in [0.25, 0.3) is 122 Å². The van der Waals surface area contributed by atoms with Gasteiger partial charge in [0.05, 0.1) is 27.6 Å². The van der Waals surface area contributed by atoms with Crippen molar-refractivity contribution < 1.29 is 4.42 Å². The highest BCUT2D eigenvalue weighted by Gasteiger charge is 2.22. The topological polar surface area (TPSA) is 61.7 Å². The lowest BCUT2D eigenvalue weighted by Crippen LogP contribution is -2.00. The molecule has 0 radical (unpaired) electrons. The molecular weight excluding hydrogens is 771 g/mol. The first-order valence-corrected chi connectivity index (χ1v) is 21.2. The van der Waals surface area contributed by atoms with Gasteiger partial charge < -0.3 is 13.6 Å². The summed E-state index contributed by atoms with van der Waals surface area (Å²) in [6, 6.07) is 74.5. The van der Waals surface area contributed by atoms with Gasteiger partial charge in [-0.3, -0.25) is 0 Å². The summed E-state index contributed by atoms with van der Waals surface area (Å²) in [5, 5.41) is 6.85. The third kappa shape index (κ3) is 5.55. The fourth-order valence-corrected chi connectivity index (χ4v) is 9.51. The molecule has 0 aliphatic carbocycles. The van der Waals surface area contributed by atoms with Crippen molar-refractivity contribution in [3.63, 3.8) is 0 Å². The molecular formula is C57H35N5O. The molecule has 0 spiro atoms. The summed E-state index contributed by atoms with van der Waals surface area (Å²) in [5.41, 5.74) is 13.2. The number of nitrogens with zero attached hydrogens (tertiary/aromatic N) is 5. The molecule has 0 unspecified atom stereocenters. The lowest BCUT2D eigenvalue weighted by molar-refractivity contribution is 0.670. The van der Waals surface area contributed by atoms with Crippen LogP contribution in [0.2, 0.25) is 0 Å². The molecule has 294 valence electrons. The van der Waals surface area contributed by atoms with Gasteiger partial charge in [0.2, 0.25) is 0 Å². The summed E-state index contributed by atoms with van der Waals surface area (Å²) in [5.74, 6) is 1.78. The lowest BCUT2D eigenvalue weighted by atomic mass is 9.99. The zero-order valence-electron chi connectivity index (χ0n) is 33.9. The van der Waals surface area contributed by atoms with Crippen molar-refractivity contribution in [2.45, 2.75) is 0 Å². The summed E-state index contributed by atoms with van der Waals surface area (Å²) in [6.45, 7) is 0. The minimum atomic E-state index is 0.559. The van der Waals surface area contributed by atoms with E-state index in [1.807, 2.05) is 66.7 Å². The quantitative estimate of drug-likeness (QED) is 0.168. The van der Waals surface area contributed by atoms with Crippen molar-refractivity contribution in [3.8, 4) is 56.7 Å². The van der Waals surface area contributed by atoms with Crippen LogP contribution in [0, 0.1) is 0 Å². The van der Waals surface area contributed by atoms with Gasteiger partial charge in [-0.15, -0.1) is 0 Å². The second-order valence-corrected chi connectivity index (χ2v) is 16.0. The van der Waals surface area contributed by atoms with Gasteiger partial charge in [-0.2, -0.15) is 0 Å². The Labute approximate surface area is 361 Å². The summed E-state index contributed by atoms with van der Waals surface area (Å²) in [6.07, 6.45) is 0. The fraction of sp³-hybridized carbons (Fsp3) is 0. The minimum Gasteiger partial charge on any atom is -0.455 e. The van der Waals surface area contributed by atoms with Crippen molar-refractivity contribution >= 4 is 65.6 Å². The molecule has 0 fully saturated rings. The predicted molar refractivity (Wildman–Crippen MR) is 258 cm³/mol. The van der Waals surface area contributed by atoms with Crippen molar-refractivity contribution in [2.24, 2.45) is 0 Å². The number of hydrogen-bond donors (Lipinski definition) is 0. The van der Waals surface area contributed by atoms with Crippen LogP contribution < -0.4 is 0 Å². The first-order valence-electron chi connectivity index (χ1n) is 21.2. The van der Waals surface area contributed by atoms with Crippen molar-refractivity contribution in [1.82, 2.24) is 24.1 Å². The van der Waals surface area contributed by atoms with Crippen LogP contribution in [0.3, 0.4) is 0 Å². The zero-order chi connectivity index (χ0) is 41.4. The zero-order valence-corrected chi connectivity index (χ0v) is 33.9. The van der Waals surface area contributed by atoms with Crippen LogP contribution in [-0.2, 0) is 0 Å². The van der Waals surface area contributed by atoms with E-state index in [4.69, 9.17) is 19.4 Å². The molecule has 6 heteroatoms. The van der Waals surface area contributed by atoms with E-state index < -0.39 is 0 Å². The number of para-hydroxylation sites is 5. The summed E-state index contributed by atoms with van der Waals surface area (Å²) >= 11 is 0. The van der Waals surface area contributed by atoms with Crippen LogP contribution in [-0.4, -0.2) is 24.1 Å². The SMILES string of the molecule is c1ccc(-c2nc(-c3ccccc3)nc(-c3cccc4c3oc3c(-c5ccc6c(c5)c5cc7c8ccccc8n(-c8ccccc8)c7cc5n6-c5ccccc5)cccc34)n2)cc1. The van der Waals surface area contributed by atoms with Crippen LogP contribution in [0.5, 0.6) is 0 Å². The van der Waals surface area contributed by atoms with Gasteiger partial charge in [-0.1, -0.05) is 152 Å². The van der Waals surface area contributed by atoms with E-state index in [1.54, 1.807) is 0 Å². The monoisotopic (exact) mass is 805 g/mol. The molecule has 9 aromatic carbocycles. The maximum Gasteiger partial charge on any atom is 0.167 e. The van der Waals surface area contributed by atoms with E-state index in [2.05, 4.69) is 155 Å². The molecule has 0 atom stereocenters. The summed E-state index contributed by atoms with van der Waals surface area (Å²) in [4.78, 5) is 15.1. The number of furan rings is 1. The largest absolute Gasteiger partial charge is 0.455 e. The summed E-state index contributed by atoms with van der Waals surface area (Å²) in [7, 11) is 0. The average molecular weight is 806 g/mol. The molecule has 0 bridgehead atoms. The Balaban J connectivity index is 1.03. The van der Waals surface area contributed by atoms with E-state index in [1.165, 1.54) is 32.6 Å². The average Bonchev–Trinajstić information content (AvgIpc) is 4.01. The Bertz CT molecular complexity index is 3830. The minimum absolute atomic E-state index is 0.559.